The van der Waals surface area contributed by atoms with E-state index < -0.39 is 0 Å². The molecule has 0 spiro atoms. The maximum absolute atomic E-state index is 5.89. The largest absolute Gasteiger partial charge is 0.493 e. The molecule has 0 radical (unpaired) electrons. The molecule has 1 saturated heterocycles. The number of piperidine rings is 1. The van der Waals surface area contributed by atoms with Crippen LogP contribution in [0.5, 0.6) is 5.75 Å². The molecule has 0 saturated carbocycles. The molecule has 1 fully saturated rings. The highest BCUT2D eigenvalue weighted by atomic mass is 16.5. The lowest BCUT2D eigenvalue weighted by molar-refractivity contribution is 0.215. The highest BCUT2D eigenvalue weighted by Gasteiger charge is 2.15. The van der Waals surface area contributed by atoms with Crippen LogP contribution in [0.15, 0.2) is 24.3 Å². The van der Waals surface area contributed by atoms with Crippen LogP contribution in [0.2, 0.25) is 0 Å². The summed E-state index contributed by atoms with van der Waals surface area (Å²) in [5.41, 5.74) is 1.57. The minimum atomic E-state index is 0.216. The first-order valence-corrected chi connectivity index (χ1v) is 7.00. The van der Waals surface area contributed by atoms with Crippen molar-refractivity contribution in [2.45, 2.75) is 39.0 Å². The molecule has 18 heavy (non-hydrogen) atoms. The average molecular weight is 247 g/mol. The van der Waals surface area contributed by atoms with Gasteiger partial charge in [0.2, 0.25) is 0 Å². The minimum Gasteiger partial charge on any atom is -0.493 e. The van der Waals surface area contributed by atoms with Gasteiger partial charge in [0.15, 0.2) is 0 Å². The maximum atomic E-state index is 5.89. The van der Waals surface area contributed by atoms with E-state index in [0.29, 0.717) is 5.92 Å². The van der Waals surface area contributed by atoms with Crippen molar-refractivity contribution in [3.05, 3.63) is 29.8 Å². The summed E-state index contributed by atoms with van der Waals surface area (Å²) in [6.07, 6.45) is 2.47. The number of ether oxygens (including phenoxy) is 1. The summed E-state index contributed by atoms with van der Waals surface area (Å²) >= 11 is 0. The van der Waals surface area contributed by atoms with E-state index in [4.69, 9.17) is 4.74 Å². The van der Waals surface area contributed by atoms with Crippen molar-refractivity contribution in [2.24, 2.45) is 5.92 Å². The van der Waals surface area contributed by atoms with Crippen LogP contribution in [0.1, 0.15) is 39.2 Å². The summed E-state index contributed by atoms with van der Waals surface area (Å²) in [6.45, 7) is 9.83. The first-order valence-electron chi connectivity index (χ1n) is 7.00. The molecule has 1 aliphatic rings. The average Bonchev–Trinajstić information content (AvgIpc) is 2.37. The molecule has 0 unspecified atom stereocenters. The molecule has 2 heteroatoms. The van der Waals surface area contributed by atoms with Crippen molar-refractivity contribution in [3.63, 3.8) is 0 Å². The van der Waals surface area contributed by atoms with Crippen molar-refractivity contribution in [2.75, 3.05) is 19.7 Å². The van der Waals surface area contributed by atoms with E-state index in [1.807, 2.05) is 0 Å². The molecular weight excluding hydrogens is 222 g/mol. The highest BCUT2D eigenvalue weighted by molar-refractivity contribution is 5.31. The molecule has 2 nitrogen and oxygen atoms in total. The third kappa shape index (κ3) is 3.74. The first kappa shape index (κ1) is 13.4. The second-order valence-electron chi connectivity index (χ2n) is 6.28. The minimum absolute atomic E-state index is 0.216. The quantitative estimate of drug-likeness (QED) is 0.884. The van der Waals surface area contributed by atoms with Crippen molar-refractivity contribution in [1.29, 1.82) is 0 Å². The lowest BCUT2D eigenvalue weighted by Crippen LogP contribution is -2.30. The molecule has 1 N–H and O–H groups in total. The Labute approximate surface area is 111 Å². The van der Waals surface area contributed by atoms with Crippen molar-refractivity contribution < 1.29 is 4.74 Å². The fourth-order valence-corrected chi connectivity index (χ4v) is 2.31. The van der Waals surface area contributed by atoms with Gasteiger partial charge in [0.05, 0.1) is 6.61 Å². The second kappa shape index (κ2) is 5.75. The summed E-state index contributed by atoms with van der Waals surface area (Å²) < 4.78 is 5.89. The molecule has 100 valence electrons. The SMILES string of the molecule is CC(C)(C)c1ccc(OCC2CCNCC2)cc1. The first-order chi connectivity index (χ1) is 8.55. The molecule has 1 aromatic rings. The highest BCUT2D eigenvalue weighted by Crippen LogP contribution is 2.24. The lowest BCUT2D eigenvalue weighted by atomic mass is 9.87. The van der Waals surface area contributed by atoms with Gasteiger partial charge in [-0.3, -0.25) is 0 Å². The predicted molar refractivity (Wildman–Crippen MR) is 76.2 cm³/mol. The standard InChI is InChI=1S/C16H25NO/c1-16(2,3)14-4-6-15(7-5-14)18-12-13-8-10-17-11-9-13/h4-7,13,17H,8-12H2,1-3H3. The Morgan fingerprint density at radius 3 is 2.28 bits per heavy atom. The molecule has 0 aliphatic carbocycles. The number of benzene rings is 1. The zero-order chi connectivity index (χ0) is 13.0. The van der Waals surface area contributed by atoms with E-state index in [0.717, 1.165) is 25.4 Å². The number of hydrogen-bond donors (Lipinski definition) is 1. The second-order valence-corrected chi connectivity index (χ2v) is 6.28. The zero-order valence-corrected chi connectivity index (χ0v) is 11.8. The Morgan fingerprint density at radius 2 is 1.72 bits per heavy atom. The third-order valence-corrected chi connectivity index (χ3v) is 3.66. The van der Waals surface area contributed by atoms with Crippen LogP contribution in [-0.2, 0) is 5.41 Å². The monoisotopic (exact) mass is 247 g/mol. The van der Waals surface area contributed by atoms with Crippen molar-refractivity contribution in [1.82, 2.24) is 5.32 Å². The summed E-state index contributed by atoms with van der Waals surface area (Å²) in [7, 11) is 0. The molecule has 1 heterocycles. The molecule has 0 atom stereocenters. The zero-order valence-electron chi connectivity index (χ0n) is 11.8. The Bertz CT molecular complexity index is 358. The Morgan fingerprint density at radius 1 is 1.11 bits per heavy atom. The third-order valence-electron chi connectivity index (χ3n) is 3.66. The van der Waals surface area contributed by atoms with E-state index in [-0.39, 0.29) is 5.41 Å². The normalized spacial score (nSPS) is 17.7. The molecule has 0 bridgehead atoms. The topological polar surface area (TPSA) is 21.3 Å². The van der Waals surface area contributed by atoms with E-state index >= 15 is 0 Å². The van der Waals surface area contributed by atoms with Crippen LogP contribution in [0.4, 0.5) is 0 Å². The molecule has 1 aromatic carbocycles. The van der Waals surface area contributed by atoms with E-state index in [9.17, 15) is 0 Å². The van der Waals surface area contributed by atoms with Gasteiger partial charge in [-0.05, 0) is 55.0 Å². The van der Waals surface area contributed by atoms with Gasteiger partial charge in [-0.15, -0.1) is 0 Å². The van der Waals surface area contributed by atoms with Gasteiger partial charge in [0, 0.05) is 0 Å². The Kier molecular flexibility index (Phi) is 4.28. The van der Waals surface area contributed by atoms with Crippen molar-refractivity contribution >= 4 is 0 Å². The van der Waals surface area contributed by atoms with Crippen LogP contribution in [0.25, 0.3) is 0 Å². The van der Waals surface area contributed by atoms with Crippen LogP contribution in [-0.4, -0.2) is 19.7 Å². The Hall–Kier alpha value is -1.02. The van der Waals surface area contributed by atoms with Gasteiger partial charge in [-0.1, -0.05) is 32.9 Å². The van der Waals surface area contributed by atoms with E-state index in [1.54, 1.807) is 0 Å². The Balaban J connectivity index is 1.86. The van der Waals surface area contributed by atoms with Crippen LogP contribution in [0, 0.1) is 5.92 Å². The summed E-state index contributed by atoms with van der Waals surface area (Å²) in [5, 5.41) is 3.38. The van der Waals surface area contributed by atoms with Gasteiger partial charge >= 0.3 is 0 Å². The lowest BCUT2D eigenvalue weighted by Gasteiger charge is -2.23. The molecule has 0 amide bonds. The summed E-state index contributed by atoms with van der Waals surface area (Å²) in [5.74, 6) is 1.72. The number of hydrogen-bond acceptors (Lipinski definition) is 2. The fourth-order valence-electron chi connectivity index (χ4n) is 2.31. The molecule has 0 aromatic heterocycles. The van der Waals surface area contributed by atoms with Gasteiger partial charge in [-0.25, -0.2) is 0 Å². The molecule has 2 rings (SSSR count). The fraction of sp³-hybridized carbons (Fsp3) is 0.625. The van der Waals surface area contributed by atoms with Gasteiger partial charge in [-0.2, -0.15) is 0 Å². The summed E-state index contributed by atoms with van der Waals surface area (Å²) in [6, 6.07) is 8.55. The van der Waals surface area contributed by atoms with E-state index in [2.05, 4.69) is 50.4 Å². The van der Waals surface area contributed by atoms with Crippen molar-refractivity contribution in [3.8, 4) is 5.75 Å². The number of nitrogens with one attached hydrogen (secondary N) is 1. The van der Waals surface area contributed by atoms with E-state index in [1.165, 1.54) is 18.4 Å². The van der Waals surface area contributed by atoms with Crippen LogP contribution >= 0.6 is 0 Å². The predicted octanol–water partition coefficient (Wildman–Crippen LogP) is 3.36. The van der Waals surface area contributed by atoms with Gasteiger partial charge < -0.3 is 10.1 Å². The van der Waals surface area contributed by atoms with Gasteiger partial charge in [0.1, 0.15) is 5.75 Å². The van der Waals surface area contributed by atoms with Crippen LogP contribution in [0.3, 0.4) is 0 Å². The van der Waals surface area contributed by atoms with Gasteiger partial charge in [0.25, 0.3) is 0 Å². The van der Waals surface area contributed by atoms with Crippen LogP contribution < -0.4 is 10.1 Å². The molecular formula is C16H25NO. The maximum Gasteiger partial charge on any atom is 0.119 e. The summed E-state index contributed by atoms with van der Waals surface area (Å²) in [4.78, 5) is 0. The smallest absolute Gasteiger partial charge is 0.119 e. The number of rotatable bonds is 3. The molecule has 1 aliphatic heterocycles.